The Morgan fingerprint density at radius 3 is 2.19 bits per heavy atom. The van der Waals surface area contributed by atoms with Crippen molar-refractivity contribution in [1.82, 2.24) is 9.97 Å². The number of aromatic nitrogens is 2. The van der Waals surface area contributed by atoms with Crippen LogP contribution >= 0.6 is 0 Å². The summed E-state index contributed by atoms with van der Waals surface area (Å²) in [6, 6.07) is 27.8. The quantitative estimate of drug-likeness (QED) is 0.0680. The minimum absolute atomic E-state index is 0. The van der Waals surface area contributed by atoms with Crippen molar-refractivity contribution in [1.29, 1.82) is 0 Å². The van der Waals surface area contributed by atoms with E-state index in [-0.39, 0.29) is 63.4 Å². The second kappa shape index (κ2) is 16.5. The third-order valence-corrected chi connectivity index (χ3v) is 11.6. The third-order valence-electron chi connectivity index (χ3n) is 9.03. The molecule has 6 heteroatoms. The molecule has 0 amide bonds. The second-order valence-corrected chi connectivity index (χ2v) is 15.8. The van der Waals surface area contributed by atoms with Crippen molar-refractivity contribution in [3.8, 4) is 11.3 Å². The number of aliphatic hydroxyl groups excluding tert-OH is 1. The summed E-state index contributed by atoms with van der Waals surface area (Å²) < 4.78 is 2.70. The van der Waals surface area contributed by atoms with E-state index in [1.165, 1.54) is 41.7 Å². The summed E-state index contributed by atoms with van der Waals surface area (Å²) in [5.41, 5.74) is 4.85. The molecule has 0 aliphatic rings. The molecule has 2 heterocycles. The predicted octanol–water partition coefficient (Wildman–Crippen LogP) is 11.1. The number of fused-ring (bicyclic) bond motifs is 6. The van der Waals surface area contributed by atoms with Gasteiger partial charge in [-0.05, 0) is 25.7 Å². The fourth-order valence-electron chi connectivity index (χ4n) is 6.36. The van der Waals surface area contributed by atoms with Crippen LogP contribution in [0, 0.1) is 23.3 Å². The minimum atomic E-state index is 0. The molecule has 0 spiro atoms. The Balaban J connectivity index is 0.000000279. The number of ketones is 1. The third kappa shape index (κ3) is 8.52. The van der Waals surface area contributed by atoms with Crippen LogP contribution < -0.4 is 0 Å². The number of benzene rings is 4. The van der Waals surface area contributed by atoms with Gasteiger partial charge in [0.25, 0.3) is 0 Å². The second-order valence-electron chi connectivity index (χ2n) is 13.7. The number of aliphatic hydroxyl groups is 1. The minimum Gasteiger partial charge on any atom is -0.512 e. The van der Waals surface area contributed by atoms with Gasteiger partial charge in [-0.2, -0.15) is 0 Å². The van der Waals surface area contributed by atoms with Crippen molar-refractivity contribution in [2.75, 3.05) is 0 Å². The smallest absolute Gasteiger partial charge is 0.162 e. The molecule has 1 radical (unpaired) electrons. The summed E-state index contributed by atoms with van der Waals surface area (Å²) in [5, 5.41) is 16.0. The van der Waals surface area contributed by atoms with E-state index in [1.54, 1.807) is 6.33 Å². The normalized spacial score (nSPS) is 12.1. The van der Waals surface area contributed by atoms with E-state index < -0.39 is 0 Å². The monoisotopic (exact) mass is 884 g/mol. The van der Waals surface area contributed by atoms with Crippen LogP contribution in [0.15, 0.2) is 84.9 Å². The average molecular weight is 883 g/mol. The summed E-state index contributed by atoms with van der Waals surface area (Å²) in [6.45, 7) is 15.0. The Bertz CT molecular complexity index is 2050. The van der Waals surface area contributed by atoms with Gasteiger partial charge >= 0.3 is 194 Å². The standard InChI is InChI=1S/C29H23N2Se.C13H24O2.Ir/c1-29(2,3)16-18-8-12-23-21(14-18)11-13-24-26-28(32-27(23)24)25(30-17-31-26)22-10-9-19-6-4-5-7-20(19)15-22;1-5-10(6-2)12(14)9-13(15)11(7-3)8-4;/h4-14,17H,16H2,1-3H3;9-11,14H,5-8H2,1-4H3;/q-1;;/b;12-9-;. The van der Waals surface area contributed by atoms with Gasteiger partial charge in [0, 0.05) is 38.0 Å². The molecule has 0 aliphatic carbocycles. The number of carbonyl (C=O) groups is 1. The SMILES string of the molecule is CC(C)(C)Cc1ccc2c(ccc3c4ncnc(-c5[c-]c6ccccc6cc5)c4[se]c23)c1.CCC(CC)C(=O)/C=C(\O)C(CC)CC.[Ir]. The van der Waals surface area contributed by atoms with Crippen LogP contribution in [0.3, 0.4) is 0 Å². The maximum atomic E-state index is 11.7. The van der Waals surface area contributed by atoms with Crippen molar-refractivity contribution in [3.63, 3.8) is 0 Å². The van der Waals surface area contributed by atoms with E-state index in [1.807, 2.05) is 27.7 Å². The van der Waals surface area contributed by atoms with Crippen LogP contribution in [-0.4, -0.2) is 35.4 Å². The van der Waals surface area contributed by atoms with Crippen molar-refractivity contribution in [2.24, 2.45) is 17.3 Å². The number of rotatable bonds is 9. The van der Waals surface area contributed by atoms with Crippen LogP contribution in [0.25, 0.3) is 52.2 Å². The van der Waals surface area contributed by atoms with Gasteiger partial charge in [0.05, 0.1) is 5.76 Å². The van der Waals surface area contributed by atoms with Crippen molar-refractivity contribution >= 4 is 61.3 Å². The fraction of sp³-hybridized carbons (Fsp3) is 0.357. The Hall–Kier alpha value is -3.14. The molecule has 4 nitrogen and oxygen atoms in total. The maximum absolute atomic E-state index is 11.7. The molecule has 0 aliphatic heterocycles. The first-order chi connectivity index (χ1) is 22.6. The number of allylic oxidation sites excluding steroid dienone is 2. The van der Waals surface area contributed by atoms with E-state index >= 15 is 0 Å². The summed E-state index contributed by atoms with van der Waals surface area (Å²) in [6.07, 6.45) is 7.70. The van der Waals surface area contributed by atoms with Gasteiger partial charge < -0.3 is 5.11 Å². The first kappa shape index (κ1) is 37.7. The Labute approximate surface area is 305 Å². The van der Waals surface area contributed by atoms with E-state index in [0.717, 1.165) is 54.3 Å². The molecule has 0 atom stereocenters. The molecule has 2 aromatic heterocycles. The molecule has 0 unspecified atom stereocenters. The van der Waals surface area contributed by atoms with E-state index in [4.69, 9.17) is 9.97 Å². The number of nitrogens with zero attached hydrogens (tertiary/aromatic N) is 2. The van der Waals surface area contributed by atoms with Crippen LogP contribution in [-0.2, 0) is 31.3 Å². The van der Waals surface area contributed by atoms with E-state index in [0.29, 0.717) is 0 Å². The first-order valence-corrected chi connectivity index (χ1v) is 18.7. The van der Waals surface area contributed by atoms with Gasteiger partial charge in [0.1, 0.15) is 0 Å². The number of carbonyl (C=O) groups excluding carboxylic acids is 1. The zero-order valence-corrected chi connectivity index (χ0v) is 33.3. The molecular formula is C42H47IrN2O2Se-. The molecule has 6 rings (SSSR count). The zero-order valence-electron chi connectivity index (χ0n) is 29.2. The molecule has 0 fully saturated rings. The molecule has 0 bridgehead atoms. The summed E-state index contributed by atoms with van der Waals surface area (Å²) in [4.78, 5) is 21.1. The molecule has 0 saturated heterocycles. The Morgan fingerprint density at radius 2 is 1.50 bits per heavy atom. The van der Waals surface area contributed by atoms with Gasteiger partial charge in [0.2, 0.25) is 0 Å². The number of hydrogen-bond donors (Lipinski definition) is 1. The first-order valence-electron chi connectivity index (χ1n) is 17.0. The molecular weight excluding hydrogens is 836 g/mol. The van der Waals surface area contributed by atoms with Crippen molar-refractivity contribution in [3.05, 3.63) is 96.5 Å². The summed E-state index contributed by atoms with van der Waals surface area (Å²) in [7, 11) is 0. The van der Waals surface area contributed by atoms with Crippen molar-refractivity contribution < 1.29 is 30.0 Å². The largest absolute Gasteiger partial charge is 0.512 e. The van der Waals surface area contributed by atoms with E-state index in [9.17, 15) is 9.90 Å². The van der Waals surface area contributed by atoms with Gasteiger partial charge in [0.15, 0.2) is 5.78 Å². The molecule has 1 N–H and O–H groups in total. The molecule has 4 aromatic carbocycles. The van der Waals surface area contributed by atoms with Crippen LogP contribution in [0.5, 0.6) is 0 Å². The zero-order chi connectivity index (χ0) is 33.7. The van der Waals surface area contributed by atoms with Crippen molar-refractivity contribution in [2.45, 2.75) is 80.6 Å². The molecule has 6 aromatic rings. The molecule has 0 saturated carbocycles. The van der Waals surface area contributed by atoms with Crippen LogP contribution in [0.2, 0.25) is 0 Å². The van der Waals surface area contributed by atoms with Gasteiger partial charge in [-0.25, -0.2) is 0 Å². The Kier molecular flexibility index (Phi) is 13.0. The number of hydrogen-bond acceptors (Lipinski definition) is 4. The van der Waals surface area contributed by atoms with E-state index in [2.05, 4.69) is 93.6 Å². The maximum Gasteiger partial charge on any atom is 0.162 e. The molecule has 253 valence electrons. The summed E-state index contributed by atoms with van der Waals surface area (Å²) in [5.74, 6) is 0.547. The Morgan fingerprint density at radius 1 is 0.833 bits per heavy atom. The summed E-state index contributed by atoms with van der Waals surface area (Å²) >= 11 is 0.159. The molecule has 48 heavy (non-hydrogen) atoms. The van der Waals surface area contributed by atoms with Gasteiger partial charge in [-0.1, -0.05) is 27.7 Å². The topological polar surface area (TPSA) is 63.1 Å². The average Bonchev–Trinajstić information content (AvgIpc) is 3.44. The van der Waals surface area contributed by atoms with Gasteiger partial charge in [-0.3, -0.25) is 4.79 Å². The van der Waals surface area contributed by atoms with Crippen LogP contribution in [0.4, 0.5) is 0 Å². The fourth-order valence-corrected chi connectivity index (χ4v) is 9.07. The predicted molar refractivity (Wildman–Crippen MR) is 200 cm³/mol. The van der Waals surface area contributed by atoms with Crippen LogP contribution in [0.1, 0.15) is 79.7 Å². The van der Waals surface area contributed by atoms with Gasteiger partial charge in [-0.15, -0.1) is 0 Å².